The monoisotopic (exact) mass is 224 g/mol. The molecule has 2 N–H and O–H groups in total. The van der Waals surface area contributed by atoms with Gasteiger partial charge in [-0.2, -0.15) is 0 Å². The van der Waals surface area contributed by atoms with Crippen molar-refractivity contribution in [2.24, 2.45) is 17.6 Å². The van der Waals surface area contributed by atoms with Crippen LogP contribution in [0.2, 0.25) is 0 Å². The van der Waals surface area contributed by atoms with Gasteiger partial charge in [-0.15, -0.1) is 0 Å². The maximum absolute atomic E-state index is 11.1. The van der Waals surface area contributed by atoms with Crippen LogP contribution in [0, 0.1) is 11.8 Å². The number of piperidine rings is 1. The van der Waals surface area contributed by atoms with E-state index in [4.69, 9.17) is 5.73 Å². The molecule has 1 aliphatic carbocycles. The summed E-state index contributed by atoms with van der Waals surface area (Å²) in [4.78, 5) is 13.7. The summed E-state index contributed by atoms with van der Waals surface area (Å²) in [6.45, 7) is 4.51. The zero-order valence-electron chi connectivity index (χ0n) is 10.3. The highest BCUT2D eigenvalue weighted by molar-refractivity contribution is 5.76. The molecular formula is C13H24N2O. The average Bonchev–Trinajstić information content (AvgIpc) is 2.30. The first kappa shape index (κ1) is 11.9. The molecule has 2 fully saturated rings. The van der Waals surface area contributed by atoms with E-state index in [0.29, 0.717) is 0 Å². The fourth-order valence-corrected chi connectivity index (χ4v) is 3.16. The van der Waals surface area contributed by atoms with Crippen molar-refractivity contribution in [3.8, 4) is 0 Å². The van der Waals surface area contributed by atoms with Crippen LogP contribution in [0.1, 0.15) is 45.4 Å². The molecule has 0 atom stereocenters. The Balaban J connectivity index is 1.78. The van der Waals surface area contributed by atoms with Crippen molar-refractivity contribution in [3.05, 3.63) is 0 Å². The molecule has 0 aromatic heterocycles. The standard InChI is InChI=1S/C13H24N2O/c1-10-2-4-12(5-3-10)15-8-6-11(7-9-15)13(14)16/h10-12H,2-9H2,1H3,(H2,14,16). The third kappa shape index (κ3) is 2.76. The summed E-state index contributed by atoms with van der Waals surface area (Å²) >= 11 is 0. The molecule has 0 aromatic rings. The summed E-state index contributed by atoms with van der Waals surface area (Å²) in [5.41, 5.74) is 5.35. The Morgan fingerprint density at radius 2 is 1.62 bits per heavy atom. The van der Waals surface area contributed by atoms with Gasteiger partial charge in [0.05, 0.1) is 0 Å². The maximum Gasteiger partial charge on any atom is 0.220 e. The Morgan fingerprint density at radius 1 is 1.06 bits per heavy atom. The van der Waals surface area contributed by atoms with Crippen LogP contribution < -0.4 is 5.73 Å². The van der Waals surface area contributed by atoms with Crippen LogP contribution in [0.15, 0.2) is 0 Å². The number of nitrogens with zero attached hydrogens (tertiary/aromatic N) is 1. The zero-order valence-corrected chi connectivity index (χ0v) is 10.3. The largest absolute Gasteiger partial charge is 0.369 e. The fourth-order valence-electron chi connectivity index (χ4n) is 3.16. The van der Waals surface area contributed by atoms with E-state index in [1.54, 1.807) is 0 Å². The van der Waals surface area contributed by atoms with Crippen LogP contribution in [0.4, 0.5) is 0 Å². The van der Waals surface area contributed by atoms with E-state index in [-0.39, 0.29) is 11.8 Å². The molecule has 1 amide bonds. The second kappa shape index (κ2) is 5.17. The molecule has 3 nitrogen and oxygen atoms in total. The lowest BCUT2D eigenvalue weighted by Crippen LogP contribution is -2.45. The van der Waals surface area contributed by atoms with Crippen molar-refractivity contribution in [3.63, 3.8) is 0 Å². The predicted molar refractivity (Wildman–Crippen MR) is 64.9 cm³/mol. The number of primary amides is 1. The van der Waals surface area contributed by atoms with Crippen molar-refractivity contribution in [1.82, 2.24) is 4.90 Å². The van der Waals surface area contributed by atoms with Gasteiger partial charge >= 0.3 is 0 Å². The minimum absolute atomic E-state index is 0.100. The molecule has 0 radical (unpaired) electrons. The number of hydrogen-bond donors (Lipinski definition) is 1. The number of nitrogens with two attached hydrogens (primary N) is 1. The van der Waals surface area contributed by atoms with Gasteiger partial charge in [-0.25, -0.2) is 0 Å². The van der Waals surface area contributed by atoms with E-state index < -0.39 is 0 Å². The molecule has 2 rings (SSSR count). The number of hydrogen-bond acceptors (Lipinski definition) is 2. The topological polar surface area (TPSA) is 46.3 Å². The fraction of sp³-hybridized carbons (Fsp3) is 0.923. The lowest BCUT2D eigenvalue weighted by atomic mass is 9.85. The molecule has 0 spiro atoms. The quantitative estimate of drug-likeness (QED) is 0.777. The third-order valence-electron chi connectivity index (χ3n) is 4.43. The number of rotatable bonds is 2. The Labute approximate surface area is 98.4 Å². The van der Waals surface area contributed by atoms with Crippen molar-refractivity contribution in [1.29, 1.82) is 0 Å². The highest BCUT2D eigenvalue weighted by atomic mass is 16.1. The zero-order chi connectivity index (χ0) is 11.5. The van der Waals surface area contributed by atoms with Crippen molar-refractivity contribution in [2.45, 2.75) is 51.5 Å². The van der Waals surface area contributed by atoms with Crippen LogP contribution in [-0.4, -0.2) is 29.9 Å². The first-order valence-corrected chi connectivity index (χ1v) is 6.70. The molecule has 0 aromatic carbocycles. The Kier molecular flexibility index (Phi) is 3.85. The molecular weight excluding hydrogens is 200 g/mol. The maximum atomic E-state index is 11.1. The first-order valence-electron chi connectivity index (χ1n) is 6.70. The van der Waals surface area contributed by atoms with E-state index >= 15 is 0 Å². The van der Waals surface area contributed by atoms with Crippen LogP contribution in [0.5, 0.6) is 0 Å². The Bertz CT molecular complexity index is 238. The SMILES string of the molecule is CC1CCC(N2CCC(C(N)=O)CC2)CC1. The van der Waals surface area contributed by atoms with Gasteiger partial charge in [0.1, 0.15) is 0 Å². The van der Waals surface area contributed by atoms with Gasteiger partial charge in [-0.05, 0) is 57.5 Å². The molecule has 0 bridgehead atoms. The van der Waals surface area contributed by atoms with E-state index in [1.165, 1.54) is 25.7 Å². The second-order valence-electron chi connectivity index (χ2n) is 5.63. The lowest BCUT2D eigenvalue weighted by Gasteiger charge is -2.39. The van der Waals surface area contributed by atoms with Gasteiger partial charge in [0.2, 0.25) is 5.91 Å². The molecule has 1 aliphatic heterocycles. The molecule has 1 heterocycles. The van der Waals surface area contributed by atoms with Crippen LogP contribution in [0.25, 0.3) is 0 Å². The third-order valence-corrected chi connectivity index (χ3v) is 4.43. The van der Waals surface area contributed by atoms with E-state index in [2.05, 4.69) is 11.8 Å². The Morgan fingerprint density at radius 3 is 2.12 bits per heavy atom. The molecule has 16 heavy (non-hydrogen) atoms. The van der Waals surface area contributed by atoms with Gasteiger partial charge in [0.25, 0.3) is 0 Å². The molecule has 3 heteroatoms. The minimum Gasteiger partial charge on any atom is -0.369 e. The number of carbonyl (C=O) groups excluding carboxylic acids is 1. The highest BCUT2D eigenvalue weighted by Crippen LogP contribution is 2.29. The smallest absolute Gasteiger partial charge is 0.220 e. The first-order chi connectivity index (χ1) is 7.66. The molecule has 2 aliphatic rings. The number of likely N-dealkylation sites (tertiary alicyclic amines) is 1. The Hall–Kier alpha value is -0.570. The summed E-state index contributed by atoms with van der Waals surface area (Å²) in [6, 6.07) is 0.782. The minimum atomic E-state index is -0.100. The van der Waals surface area contributed by atoms with Gasteiger partial charge in [-0.3, -0.25) is 4.79 Å². The van der Waals surface area contributed by atoms with Gasteiger partial charge < -0.3 is 10.6 Å². The van der Waals surface area contributed by atoms with Crippen molar-refractivity contribution in [2.75, 3.05) is 13.1 Å². The van der Waals surface area contributed by atoms with Crippen LogP contribution in [-0.2, 0) is 4.79 Å². The highest BCUT2D eigenvalue weighted by Gasteiger charge is 2.29. The molecule has 1 saturated heterocycles. The van der Waals surface area contributed by atoms with Gasteiger partial charge in [-0.1, -0.05) is 6.92 Å². The summed E-state index contributed by atoms with van der Waals surface area (Å²) < 4.78 is 0. The van der Waals surface area contributed by atoms with Crippen LogP contribution >= 0.6 is 0 Å². The average molecular weight is 224 g/mol. The summed E-state index contributed by atoms with van der Waals surface area (Å²) in [6.07, 6.45) is 7.40. The van der Waals surface area contributed by atoms with Gasteiger partial charge in [0, 0.05) is 12.0 Å². The predicted octanol–water partition coefficient (Wildman–Crippen LogP) is 1.76. The normalized spacial score (nSPS) is 33.8. The van der Waals surface area contributed by atoms with E-state index in [9.17, 15) is 4.79 Å². The van der Waals surface area contributed by atoms with Gasteiger partial charge in [0.15, 0.2) is 0 Å². The number of amides is 1. The van der Waals surface area contributed by atoms with Crippen molar-refractivity contribution >= 4 is 5.91 Å². The molecule has 0 unspecified atom stereocenters. The lowest BCUT2D eigenvalue weighted by molar-refractivity contribution is -0.123. The summed E-state index contributed by atoms with van der Waals surface area (Å²) in [7, 11) is 0. The second-order valence-corrected chi connectivity index (χ2v) is 5.63. The van der Waals surface area contributed by atoms with E-state index in [1.807, 2.05) is 0 Å². The summed E-state index contributed by atoms with van der Waals surface area (Å²) in [5, 5.41) is 0. The molecule has 92 valence electrons. The molecule has 1 saturated carbocycles. The number of carbonyl (C=O) groups is 1. The summed E-state index contributed by atoms with van der Waals surface area (Å²) in [5.74, 6) is 0.954. The van der Waals surface area contributed by atoms with Crippen LogP contribution in [0.3, 0.4) is 0 Å². The van der Waals surface area contributed by atoms with Crippen molar-refractivity contribution < 1.29 is 4.79 Å². The van der Waals surface area contributed by atoms with E-state index in [0.717, 1.165) is 37.9 Å².